The lowest BCUT2D eigenvalue weighted by Gasteiger charge is -2.32. The fraction of sp³-hybridized carbons (Fsp3) is 0.389. The molecule has 3 rings (SSSR count). The molecule has 0 spiro atoms. The quantitative estimate of drug-likeness (QED) is 0.869. The van der Waals surface area contributed by atoms with Crippen molar-refractivity contribution in [2.45, 2.75) is 32.8 Å². The second-order valence-corrected chi connectivity index (χ2v) is 5.98. The van der Waals surface area contributed by atoms with Crippen molar-refractivity contribution in [2.24, 2.45) is 0 Å². The Kier molecular flexibility index (Phi) is 4.74. The Bertz CT molecular complexity index is 723. The molecule has 0 bridgehead atoms. The molecule has 1 aromatic carbocycles. The third kappa shape index (κ3) is 3.69. The van der Waals surface area contributed by atoms with Crippen LogP contribution in [-0.4, -0.2) is 40.0 Å². The van der Waals surface area contributed by atoms with E-state index in [0.29, 0.717) is 37.4 Å². The van der Waals surface area contributed by atoms with Gasteiger partial charge < -0.3 is 9.64 Å². The van der Waals surface area contributed by atoms with Crippen LogP contribution in [0.3, 0.4) is 0 Å². The molecule has 1 aliphatic rings. The summed E-state index contributed by atoms with van der Waals surface area (Å²) in [5, 5.41) is 0. The van der Waals surface area contributed by atoms with E-state index < -0.39 is 0 Å². The van der Waals surface area contributed by atoms with E-state index in [2.05, 4.69) is 9.97 Å². The van der Waals surface area contributed by atoms with Gasteiger partial charge in [-0.1, -0.05) is 12.1 Å². The zero-order valence-electron chi connectivity index (χ0n) is 13.8. The number of nitrogens with zero attached hydrogens (tertiary/aromatic N) is 3. The number of carbonyl (C=O) groups excluding carboxylic acids is 1. The monoisotopic (exact) mass is 329 g/mol. The smallest absolute Gasteiger partial charge is 0.272 e. The van der Waals surface area contributed by atoms with Crippen molar-refractivity contribution in [1.29, 1.82) is 0 Å². The van der Waals surface area contributed by atoms with E-state index in [0.717, 1.165) is 5.69 Å². The van der Waals surface area contributed by atoms with Crippen molar-refractivity contribution < 1.29 is 13.9 Å². The zero-order chi connectivity index (χ0) is 17.1. The fourth-order valence-corrected chi connectivity index (χ4v) is 2.89. The van der Waals surface area contributed by atoms with Gasteiger partial charge in [0.25, 0.3) is 5.91 Å². The van der Waals surface area contributed by atoms with E-state index in [4.69, 9.17) is 4.74 Å². The highest BCUT2D eigenvalue weighted by Crippen LogP contribution is 2.22. The number of aryl methyl sites for hydroxylation is 2. The van der Waals surface area contributed by atoms with Crippen molar-refractivity contribution in [2.75, 3.05) is 13.1 Å². The molecule has 1 fully saturated rings. The molecule has 5 nitrogen and oxygen atoms in total. The second-order valence-electron chi connectivity index (χ2n) is 5.98. The van der Waals surface area contributed by atoms with E-state index in [9.17, 15) is 9.18 Å². The van der Waals surface area contributed by atoms with Crippen LogP contribution in [0.25, 0.3) is 0 Å². The van der Waals surface area contributed by atoms with Crippen LogP contribution in [0, 0.1) is 19.7 Å². The van der Waals surface area contributed by atoms with E-state index in [1.54, 1.807) is 36.1 Å². The number of piperidine rings is 1. The number of hydrogen-bond acceptors (Lipinski definition) is 4. The molecule has 2 aromatic rings. The lowest BCUT2D eigenvalue weighted by molar-refractivity contribution is 0.0582. The van der Waals surface area contributed by atoms with Gasteiger partial charge in [-0.05, 0) is 32.0 Å². The second kappa shape index (κ2) is 6.95. The van der Waals surface area contributed by atoms with Crippen molar-refractivity contribution in [3.05, 3.63) is 53.4 Å². The Morgan fingerprint density at radius 3 is 2.58 bits per heavy atom. The molecule has 126 valence electrons. The first-order valence-electron chi connectivity index (χ1n) is 8.05. The van der Waals surface area contributed by atoms with Crippen LogP contribution in [0.1, 0.15) is 34.8 Å². The van der Waals surface area contributed by atoms with E-state index >= 15 is 0 Å². The van der Waals surface area contributed by atoms with Crippen molar-refractivity contribution >= 4 is 5.91 Å². The summed E-state index contributed by atoms with van der Waals surface area (Å²) >= 11 is 0. The molecule has 0 N–H and O–H groups in total. The minimum atomic E-state index is -0.358. The summed E-state index contributed by atoms with van der Waals surface area (Å²) in [4.78, 5) is 22.7. The maximum atomic E-state index is 13.6. The summed E-state index contributed by atoms with van der Waals surface area (Å²) in [5.74, 6) is 0.413. The highest BCUT2D eigenvalue weighted by molar-refractivity contribution is 5.92. The van der Waals surface area contributed by atoms with Crippen molar-refractivity contribution in [1.82, 2.24) is 14.9 Å². The van der Waals surface area contributed by atoms with Gasteiger partial charge in [-0.2, -0.15) is 0 Å². The number of likely N-dealkylation sites (tertiary alicyclic amines) is 1. The number of rotatable bonds is 3. The van der Waals surface area contributed by atoms with E-state index in [1.165, 1.54) is 6.07 Å². The molecule has 2 heterocycles. The van der Waals surface area contributed by atoms with Crippen molar-refractivity contribution in [3.63, 3.8) is 0 Å². The maximum Gasteiger partial charge on any atom is 0.272 e. The predicted molar refractivity (Wildman–Crippen MR) is 87.5 cm³/mol. The first kappa shape index (κ1) is 16.4. The molecule has 6 heteroatoms. The van der Waals surface area contributed by atoms with Gasteiger partial charge in [0.2, 0.25) is 0 Å². The van der Waals surface area contributed by atoms with Crippen LogP contribution < -0.4 is 4.74 Å². The minimum absolute atomic E-state index is 0.0835. The van der Waals surface area contributed by atoms with Gasteiger partial charge >= 0.3 is 0 Å². The van der Waals surface area contributed by atoms with E-state index in [-0.39, 0.29) is 23.6 Å². The molecule has 1 aliphatic heterocycles. The largest absolute Gasteiger partial charge is 0.487 e. The molecule has 0 saturated carbocycles. The highest BCUT2D eigenvalue weighted by atomic mass is 19.1. The third-order valence-corrected chi connectivity index (χ3v) is 4.04. The Morgan fingerprint density at radius 2 is 1.92 bits per heavy atom. The summed E-state index contributed by atoms with van der Waals surface area (Å²) in [6.45, 7) is 4.76. The Balaban J connectivity index is 1.60. The Labute approximate surface area is 140 Å². The molecule has 0 radical (unpaired) electrons. The number of ether oxygens (including phenoxy) is 1. The fourth-order valence-electron chi connectivity index (χ4n) is 2.89. The SMILES string of the molecule is Cc1cc(C(=O)N2CCC(Oc3ccccc3F)CC2)nc(C)n1. The van der Waals surface area contributed by atoms with Crippen LogP contribution >= 0.6 is 0 Å². The molecule has 0 atom stereocenters. The summed E-state index contributed by atoms with van der Waals surface area (Å²) in [6.07, 6.45) is 1.26. The molecular weight excluding hydrogens is 309 g/mol. The molecule has 0 unspecified atom stereocenters. The number of aromatic nitrogens is 2. The molecule has 24 heavy (non-hydrogen) atoms. The number of carbonyl (C=O) groups is 1. The van der Waals surface area contributed by atoms with Gasteiger partial charge in [0.05, 0.1) is 0 Å². The summed E-state index contributed by atoms with van der Waals surface area (Å²) < 4.78 is 19.4. The molecule has 0 aliphatic carbocycles. The van der Waals surface area contributed by atoms with Gasteiger partial charge in [0.1, 0.15) is 17.6 Å². The van der Waals surface area contributed by atoms with Crippen LogP contribution in [0.15, 0.2) is 30.3 Å². The van der Waals surface area contributed by atoms with Gasteiger partial charge in [0, 0.05) is 31.6 Å². The maximum absolute atomic E-state index is 13.6. The van der Waals surface area contributed by atoms with Crippen LogP contribution in [0.2, 0.25) is 0 Å². The van der Waals surface area contributed by atoms with Crippen LogP contribution in [0.5, 0.6) is 5.75 Å². The number of benzene rings is 1. The van der Waals surface area contributed by atoms with Crippen LogP contribution in [-0.2, 0) is 0 Å². The zero-order valence-corrected chi connectivity index (χ0v) is 13.8. The average molecular weight is 329 g/mol. The molecule has 1 saturated heterocycles. The predicted octanol–water partition coefficient (Wildman–Crippen LogP) is 2.92. The topological polar surface area (TPSA) is 55.3 Å². The Morgan fingerprint density at radius 1 is 1.21 bits per heavy atom. The number of amides is 1. The number of hydrogen-bond donors (Lipinski definition) is 0. The summed E-state index contributed by atoms with van der Waals surface area (Å²) in [6, 6.07) is 8.09. The third-order valence-electron chi connectivity index (χ3n) is 4.04. The first-order valence-corrected chi connectivity index (χ1v) is 8.05. The standard InChI is InChI=1S/C18H20FN3O2/c1-12-11-16(21-13(2)20-12)18(23)22-9-7-14(8-10-22)24-17-6-4-3-5-15(17)19/h3-6,11,14H,7-10H2,1-2H3. The van der Waals surface area contributed by atoms with Gasteiger partial charge in [-0.3, -0.25) is 4.79 Å². The van der Waals surface area contributed by atoms with Gasteiger partial charge in [0.15, 0.2) is 11.6 Å². The number of para-hydroxylation sites is 1. The van der Waals surface area contributed by atoms with Crippen LogP contribution in [0.4, 0.5) is 4.39 Å². The molecular formula is C18H20FN3O2. The lowest BCUT2D eigenvalue weighted by Crippen LogP contribution is -2.42. The summed E-state index contributed by atoms with van der Waals surface area (Å²) in [7, 11) is 0. The minimum Gasteiger partial charge on any atom is -0.487 e. The average Bonchev–Trinajstić information content (AvgIpc) is 2.56. The Hall–Kier alpha value is -2.50. The first-order chi connectivity index (χ1) is 11.5. The van der Waals surface area contributed by atoms with Gasteiger partial charge in [-0.25, -0.2) is 14.4 Å². The molecule has 1 aromatic heterocycles. The van der Waals surface area contributed by atoms with Crippen molar-refractivity contribution in [3.8, 4) is 5.75 Å². The highest BCUT2D eigenvalue weighted by Gasteiger charge is 2.26. The summed E-state index contributed by atoms with van der Waals surface area (Å²) in [5.41, 5.74) is 1.21. The van der Waals surface area contributed by atoms with E-state index in [1.807, 2.05) is 6.92 Å². The molecule has 1 amide bonds. The van der Waals surface area contributed by atoms with Gasteiger partial charge in [-0.15, -0.1) is 0 Å². The normalized spacial score (nSPS) is 15.4. The number of halogens is 1. The lowest BCUT2D eigenvalue weighted by atomic mass is 10.1.